The fourth-order valence-corrected chi connectivity index (χ4v) is 4.65. The molecule has 2 amide bonds. The lowest BCUT2D eigenvalue weighted by molar-refractivity contribution is -0.116. The number of benzene rings is 2. The zero-order valence-corrected chi connectivity index (χ0v) is 21.1. The number of methoxy groups -OCH3 is 1. The van der Waals surface area contributed by atoms with Crippen molar-refractivity contribution in [1.82, 2.24) is 20.2 Å². The number of thiazole rings is 1. The molecule has 2 aromatic carbocycles. The van der Waals surface area contributed by atoms with E-state index in [2.05, 4.69) is 20.5 Å². The predicted octanol–water partition coefficient (Wildman–Crippen LogP) is 5.06. The largest absolute Gasteiger partial charge is 0.496 e. The van der Waals surface area contributed by atoms with Crippen molar-refractivity contribution in [2.75, 3.05) is 24.4 Å². The van der Waals surface area contributed by atoms with Gasteiger partial charge in [0.25, 0.3) is 5.91 Å². The summed E-state index contributed by atoms with van der Waals surface area (Å²) in [5.41, 5.74) is 4.84. The van der Waals surface area contributed by atoms with Crippen LogP contribution in [0.5, 0.6) is 5.75 Å². The summed E-state index contributed by atoms with van der Waals surface area (Å²) in [6, 6.07) is 18.8. The smallest absolute Gasteiger partial charge is 0.259 e. The van der Waals surface area contributed by atoms with Crippen LogP contribution in [0.1, 0.15) is 17.3 Å². The van der Waals surface area contributed by atoms with E-state index < -0.39 is 0 Å². The van der Waals surface area contributed by atoms with Crippen LogP contribution in [-0.4, -0.2) is 46.1 Å². The molecule has 0 radical (unpaired) electrons. The Morgan fingerprint density at radius 1 is 0.919 bits per heavy atom. The Bertz CT molecular complexity index is 1620. The van der Waals surface area contributed by atoms with E-state index >= 15 is 0 Å². The van der Waals surface area contributed by atoms with Gasteiger partial charge in [-0.1, -0.05) is 41.7 Å². The predicted molar refractivity (Wildman–Crippen MR) is 144 cm³/mol. The molecule has 0 saturated carbocycles. The van der Waals surface area contributed by atoms with Crippen molar-refractivity contribution >= 4 is 44.3 Å². The molecule has 37 heavy (non-hydrogen) atoms. The molecule has 9 nitrogen and oxygen atoms in total. The quantitative estimate of drug-likeness (QED) is 0.340. The molecule has 5 aromatic rings. The second-order valence-corrected chi connectivity index (χ2v) is 9.11. The van der Waals surface area contributed by atoms with Gasteiger partial charge in [0.2, 0.25) is 5.91 Å². The van der Waals surface area contributed by atoms with Crippen molar-refractivity contribution in [2.45, 2.75) is 6.92 Å². The first-order chi connectivity index (χ1) is 17.9. The molecule has 3 heterocycles. The van der Waals surface area contributed by atoms with E-state index in [1.165, 1.54) is 24.5 Å². The zero-order valence-electron chi connectivity index (χ0n) is 20.3. The lowest BCUT2D eigenvalue weighted by Crippen LogP contribution is -2.22. The first-order valence-electron chi connectivity index (χ1n) is 11.3. The van der Waals surface area contributed by atoms with Gasteiger partial charge in [0.15, 0.2) is 5.13 Å². The van der Waals surface area contributed by atoms with Crippen LogP contribution in [0.15, 0.2) is 73.1 Å². The van der Waals surface area contributed by atoms with Crippen LogP contribution < -0.4 is 15.0 Å². The van der Waals surface area contributed by atoms with Crippen molar-refractivity contribution in [2.24, 2.45) is 0 Å². The molecule has 1 N–H and O–H groups in total. The van der Waals surface area contributed by atoms with E-state index in [0.29, 0.717) is 32.4 Å². The van der Waals surface area contributed by atoms with Crippen molar-refractivity contribution < 1.29 is 14.3 Å². The summed E-state index contributed by atoms with van der Waals surface area (Å²) in [5.74, 6) is 0.228. The molecule has 184 valence electrons. The minimum absolute atomic E-state index is 0.0379. The number of carbonyl (C=O) groups is 2. The summed E-state index contributed by atoms with van der Waals surface area (Å²) in [7, 11) is 3.31. The molecule has 0 bridgehead atoms. The number of hydrogen-bond acceptors (Lipinski definition) is 8. The third-order valence-corrected chi connectivity index (χ3v) is 6.75. The van der Waals surface area contributed by atoms with E-state index in [1.807, 2.05) is 60.7 Å². The second kappa shape index (κ2) is 10.1. The lowest BCUT2D eigenvalue weighted by Gasteiger charge is -2.15. The number of rotatable bonds is 6. The van der Waals surface area contributed by atoms with Crippen LogP contribution in [-0.2, 0) is 4.79 Å². The molecule has 10 heteroatoms. The van der Waals surface area contributed by atoms with Gasteiger partial charge in [-0.3, -0.25) is 14.9 Å². The molecule has 0 unspecified atom stereocenters. The number of para-hydroxylation sites is 1. The van der Waals surface area contributed by atoms with Crippen LogP contribution in [0.25, 0.3) is 32.7 Å². The third-order valence-electron chi connectivity index (χ3n) is 5.87. The summed E-state index contributed by atoms with van der Waals surface area (Å²) in [6.45, 7) is 1.52. The molecular weight excluding hydrogens is 488 g/mol. The normalized spacial score (nSPS) is 10.8. The fourth-order valence-electron chi connectivity index (χ4n) is 3.82. The molecule has 5 rings (SSSR count). The molecule has 0 saturated heterocycles. The number of ether oxygens (including phenoxy) is 1. The molecule has 3 aromatic heterocycles. The van der Waals surface area contributed by atoms with Crippen molar-refractivity contribution in [3.05, 3.63) is 78.6 Å². The average Bonchev–Trinajstić information content (AvgIpc) is 3.34. The molecule has 0 atom stereocenters. The van der Waals surface area contributed by atoms with Crippen LogP contribution in [0.4, 0.5) is 10.8 Å². The second-order valence-electron chi connectivity index (χ2n) is 8.14. The van der Waals surface area contributed by atoms with Crippen molar-refractivity contribution in [3.63, 3.8) is 0 Å². The Hall–Kier alpha value is -4.70. The van der Waals surface area contributed by atoms with Gasteiger partial charge >= 0.3 is 0 Å². The fraction of sp³-hybridized carbons (Fsp3) is 0.111. The van der Waals surface area contributed by atoms with Crippen LogP contribution in [0.3, 0.4) is 0 Å². The van der Waals surface area contributed by atoms with Crippen LogP contribution in [0.2, 0.25) is 0 Å². The monoisotopic (exact) mass is 510 g/mol. The van der Waals surface area contributed by atoms with Crippen LogP contribution in [0, 0.1) is 0 Å². The maximum Gasteiger partial charge on any atom is 0.259 e. The van der Waals surface area contributed by atoms with Gasteiger partial charge in [-0.25, -0.2) is 9.97 Å². The Kier molecular flexibility index (Phi) is 6.57. The third kappa shape index (κ3) is 4.87. The number of carbonyl (C=O) groups excluding carboxylic acids is 2. The van der Waals surface area contributed by atoms with E-state index in [0.717, 1.165) is 22.5 Å². The number of fused-ring (bicyclic) bond motifs is 1. The van der Waals surface area contributed by atoms with E-state index in [4.69, 9.17) is 9.72 Å². The Morgan fingerprint density at radius 3 is 2.43 bits per heavy atom. The average molecular weight is 511 g/mol. The maximum atomic E-state index is 13.2. The van der Waals surface area contributed by atoms with E-state index in [9.17, 15) is 9.59 Å². The highest BCUT2D eigenvalue weighted by Crippen LogP contribution is 2.33. The van der Waals surface area contributed by atoms with Crippen LogP contribution >= 0.6 is 11.3 Å². The van der Waals surface area contributed by atoms with E-state index in [-0.39, 0.29) is 11.8 Å². The first kappa shape index (κ1) is 24.0. The van der Waals surface area contributed by atoms with Gasteiger partial charge in [-0.15, -0.1) is 0 Å². The summed E-state index contributed by atoms with van der Waals surface area (Å²) >= 11 is 1.28. The maximum absolute atomic E-state index is 13.2. The number of nitrogens with zero attached hydrogens (tertiary/aromatic N) is 5. The van der Waals surface area contributed by atoms with Gasteiger partial charge in [0, 0.05) is 36.3 Å². The SMILES string of the molecule is COc1ccccc1-c1cnncc1C(=O)Nc1nc2ccc(-c3ccc(N(C)C(C)=O)cc3)nc2s1. The minimum atomic E-state index is -0.361. The molecular formula is C27H22N6O3S. The van der Waals surface area contributed by atoms with Gasteiger partial charge in [-0.2, -0.15) is 10.2 Å². The van der Waals surface area contributed by atoms with Crippen molar-refractivity contribution in [3.8, 4) is 28.1 Å². The Morgan fingerprint density at radius 2 is 1.68 bits per heavy atom. The Balaban J connectivity index is 1.40. The summed E-state index contributed by atoms with van der Waals surface area (Å²) < 4.78 is 5.45. The number of amides is 2. The molecule has 0 aliphatic heterocycles. The summed E-state index contributed by atoms with van der Waals surface area (Å²) in [5, 5.41) is 11.1. The number of pyridine rings is 1. The standard InChI is InChI=1S/C27H22N6O3S/c1-16(34)33(2)18-10-8-17(9-11-18)22-12-13-23-26(30-22)37-27(31-23)32-25(35)21-15-29-28-14-20(21)19-6-4-5-7-24(19)36-3/h4-15H,1-3H3,(H,31,32,35). The Labute approximate surface area is 216 Å². The topological polar surface area (TPSA) is 110 Å². The molecule has 0 spiro atoms. The lowest BCUT2D eigenvalue weighted by atomic mass is 10.0. The first-order valence-corrected chi connectivity index (χ1v) is 12.1. The highest BCUT2D eigenvalue weighted by Gasteiger charge is 2.18. The molecule has 0 fully saturated rings. The summed E-state index contributed by atoms with van der Waals surface area (Å²) in [6.07, 6.45) is 2.96. The van der Waals surface area contributed by atoms with Gasteiger partial charge < -0.3 is 9.64 Å². The number of anilines is 2. The molecule has 0 aliphatic rings. The van der Waals surface area contributed by atoms with Crippen molar-refractivity contribution in [1.29, 1.82) is 0 Å². The highest BCUT2D eigenvalue weighted by atomic mass is 32.1. The number of nitrogens with one attached hydrogen (secondary N) is 1. The van der Waals surface area contributed by atoms with E-state index in [1.54, 1.807) is 25.3 Å². The number of aromatic nitrogens is 4. The van der Waals surface area contributed by atoms with Gasteiger partial charge in [-0.05, 0) is 30.3 Å². The highest BCUT2D eigenvalue weighted by molar-refractivity contribution is 7.22. The minimum Gasteiger partial charge on any atom is -0.496 e. The van der Waals surface area contributed by atoms with Gasteiger partial charge in [0.05, 0.1) is 30.8 Å². The molecule has 0 aliphatic carbocycles. The number of hydrogen-bond donors (Lipinski definition) is 1. The zero-order chi connectivity index (χ0) is 25.9. The summed E-state index contributed by atoms with van der Waals surface area (Å²) in [4.78, 5) is 36.3. The van der Waals surface area contributed by atoms with Gasteiger partial charge in [0.1, 0.15) is 16.1 Å².